The van der Waals surface area contributed by atoms with Crippen molar-refractivity contribution in [1.29, 1.82) is 0 Å². The summed E-state index contributed by atoms with van der Waals surface area (Å²) in [5.41, 5.74) is 13.3. The largest absolute Gasteiger partial charge is 0.338 e. The minimum atomic E-state index is 0.0572. The van der Waals surface area contributed by atoms with Crippen LogP contribution in [0.15, 0.2) is 109 Å². The minimum Gasteiger partial charge on any atom is -0.338 e. The van der Waals surface area contributed by atoms with E-state index in [1.807, 2.05) is 0 Å². The van der Waals surface area contributed by atoms with E-state index in [4.69, 9.17) is 0 Å². The van der Waals surface area contributed by atoms with Crippen LogP contribution < -0.4 is 26.2 Å². The van der Waals surface area contributed by atoms with Crippen molar-refractivity contribution in [3.63, 3.8) is 0 Å². The Bertz CT molecular complexity index is 1650. The molecule has 0 saturated carbocycles. The third-order valence-corrected chi connectivity index (χ3v) is 8.57. The first-order valence-electron chi connectivity index (χ1n) is 14.9. The number of fused-ring (bicyclic) bond motifs is 4. The van der Waals surface area contributed by atoms with Gasteiger partial charge in [0.1, 0.15) is 0 Å². The summed E-state index contributed by atoms with van der Waals surface area (Å²) in [5.74, 6) is 0. The lowest BCUT2D eigenvalue weighted by atomic mass is 9.33. The molecule has 4 aromatic carbocycles. The topological polar surface area (TPSA) is 6.48 Å². The van der Waals surface area contributed by atoms with Gasteiger partial charge in [0.15, 0.2) is 0 Å². The van der Waals surface area contributed by atoms with E-state index in [9.17, 15) is 0 Å². The zero-order valence-electron chi connectivity index (χ0n) is 25.6. The second kappa shape index (κ2) is 10.1. The molecule has 0 radical (unpaired) electrons. The van der Waals surface area contributed by atoms with E-state index in [1.54, 1.807) is 0 Å². The Labute approximate surface area is 247 Å². The van der Waals surface area contributed by atoms with E-state index in [0.717, 1.165) is 6.54 Å². The summed E-state index contributed by atoms with van der Waals surface area (Å²) in [6, 6.07) is 32.1. The van der Waals surface area contributed by atoms with Crippen molar-refractivity contribution < 1.29 is 0 Å². The molecule has 41 heavy (non-hydrogen) atoms. The second-order valence-electron chi connectivity index (χ2n) is 13.4. The number of hydrogen-bond donors (Lipinski definition) is 0. The first kappa shape index (κ1) is 27.2. The third kappa shape index (κ3) is 4.72. The summed E-state index contributed by atoms with van der Waals surface area (Å²) in [5, 5.41) is 0. The number of allylic oxidation sites excluding steroid dienone is 3. The average molecular weight is 537 g/mol. The number of nitrogens with zero attached hydrogens (tertiary/aromatic N) is 2. The number of anilines is 5. The van der Waals surface area contributed by atoms with Crippen LogP contribution in [0.1, 0.15) is 59.6 Å². The zero-order chi connectivity index (χ0) is 28.9. The Morgan fingerprint density at radius 2 is 1.24 bits per heavy atom. The lowest BCUT2D eigenvalue weighted by Crippen LogP contribution is -2.62. The normalized spacial score (nSPS) is 14.5. The summed E-state index contributed by atoms with van der Waals surface area (Å²) in [6.45, 7) is 16.9. The Balaban J connectivity index is 1.65. The van der Waals surface area contributed by atoms with E-state index < -0.39 is 0 Å². The molecule has 0 amide bonds. The molecule has 206 valence electrons. The molecule has 0 atom stereocenters. The minimum absolute atomic E-state index is 0.0572. The Kier molecular flexibility index (Phi) is 6.73. The van der Waals surface area contributed by atoms with Gasteiger partial charge in [-0.2, -0.15) is 0 Å². The number of para-hydroxylation sites is 1. The maximum Gasteiger partial charge on any atom is 0.252 e. The molecule has 0 N–H and O–H groups in total. The first-order valence-corrected chi connectivity index (χ1v) is 14.9. The van der Waals surface area contributed by atoms with Gasteiger partial charge in [-0.05, 0) is 81.7 Å². The molecule has 2 aliphatic heterocycles. The van der Waals surface area contributed by atoms with Crippen LogP contribution in [0.25, 0.3) is 0 Å². The van der Waals surface area contributed by atoms with Crippen molar-refractivity contribution in [2.75, 3.05) is 16.3 Å². The molecule has 4 aromatic rings. The van der Waals surface area contributed by atoms with E-state index in [0.29, 0.717) is 0 Å². The monoisotopic (exact) mass is 536 g/mol. The number of benzene rings is 4. The van der Waals surface area contributed by atoms with Gasteiger partial charge in [0.2, 0.25) is 0 Å². The van der Waals surface area contributed by atoms with Gasteiger partial charge in [-0.3, -0.25) is 0 Å². The van der Waals surface area contributed by atoms with Crippen LogP contribution in [0.2, 0.25) is 0 Å². The average Bonchev–Trinajstić information content (AvgIpc) is 2.95. The molecule has 6 rings (SSSR count). The highest BCUT2D eigenvalue weighted by Gasteiger charge is 2.43. The first-order chi connectivity index (χ1) is 19.6. The number of hydrogen-bond acceptors (Lipinski definition) is 2. The molecular formula is C38H41BN2. The highest BCUT2D eigenvalue weighted by atomic mass is 15.2. The van der Waals surface area contributed by atoms with Crippen molar-refractivity contribution in [2.24, 2.45) is 0 Å². The van der Waals surface area contributed by atoms with Crippen molar-refractivity contribution in [3.8, 4) is 0 Å². The standard InChI is InChI=1S/C38H41BN2/c1-8-9-10-14-24-40-32-18-15-19-33-36(32)39(30-22-20-27(25-34(30)40)37(2,3)4)31-23-21-28(38(5,6)7)26-35(31)41(33)29-16-12-11-13-17-29/h8-23,25-26H,24H2,1-7H3/b9-8-,14-10-. The molecule has 2 aliphatic rings. The van der Waals surface area contributed by atoms with Gasteiger partial charge in [-0.1, -0.05) is 114 Å². The van der Waals surface area contributed by atoms with E-state index >= 15 is 0 Å². The van der Waals surface area contributed by atoms with Crippen LogP contribution in [-0.2, 0) is 10.8 Å². The van der Waals surface area contributed by atoms with Crippen LogP contribution in [0.4, 0.5) is 28.4 Å². The van der Waals surface area contributed by atoms with Crippen molar-refractivity contribution in [1.82, 2.24) is 0 Å². The molecule has 0 saturated heterocycles. The summed E-state index contributed by atoms with van der Waals surface area (Å²) in [7, 11) is 0. The molecule has 2 heterocycles. The van der Waals surface area contributed by atoms with Crippen LogP contribution in [0.5, 0.6) is 0 Å². The second-order valence-corrected chi connectivity index (χ2v) is 13.4. The fraction of sp³-hybridized carbons (Fsp3) is 0.263. The predicted molar refractivity (Wildman–Crippen MR) is 181 cm³/mol. The number of rotatable bonds is 4. The summed E-state index contributed by atoms with van der Waals surface area (Å²) >= 11 is 0. The molecule has 0 bridgehead atoms. The Morgan fingerprint density at radius 3 is 1.88 bits per heavy atom. The fourth-order valence-electron chi connectivity index (χ4n) is 6.35. The van der Waals surface area contributed by atoms with E-state index in [1.165, 1.54) is 56.0 Å². The summed E-state index contributed by atoms with van der Waals surface area (Å²) in [6.07, 6.45) is 8.63. The summed E-state index contributed by atoms with van der Waals surface area (Å²) in [4.78, 5) is 5.01. The molecule has 0 fully saturated rings. The SMILES string of the molecule is C/C=C\C=C/CN1c2cc(C(C)(C)C)ccc2B2c3ccc(C(C)(C)C)cc3N(c3ccccc3)c3cccc1c32. The maximum atomic E-state index is 2.53. The molecule has 0 spiro atoms. The van der Waals surface area contributed by atoms with Crippen LogP contribution in [0, 0.1) is 0 Å². The van der Waals surface area contributed by atoms with Gasteiger partial charge >= 0.3 is 0 Å². The summed E-state index contributed by atoms with van der Waals surface area (Å²) < 4.78 is 0. The molecular weight excluding hydrogens is 495 g/mol. The molecule has 0 aliphatic carbocycles. The molecule has 2 nitrogen and oxygen atoms in total. The van der Waals surface area contributed by atoms with Gasteiger partial charge in [0.05, 0.1) is 0 Å². The molecule has 0 aromatic heterocycles. The van der Waals surface area contributed by atoms with Gasteiger partial charge < -0.3 is 9.80 Å². The molecule has 0 unspecified atom stereocenters. The third-order valence-electron chi connectivity index (χ3n) is 8.57. The highest BCUT2D eigenvalue weighted by Crippen LogP contribution is 2.42. The Hall–Kier alpha value is -3.98. The van der Waals surface area contributed by atoms with Crippen molar-refractivity contribution in [3.05, 3.63) is 120 Å². The van der Waals surface area contributed by atoms with Crippen LogP contribution >= 0.6 is 0 Å². The fourth-order valence-corrected chi connectivity index (χ4v) is 6.35. The van der Waals surface area contributed by atoms with Crippen LogP contribution in [-0.4, -0.2) is 13.3 Å². The quantitative estimate of drug-likeness (QED) is 0.169. The van der Waals surface area contributed by atoms with Gasteiger partial charge in [0, 0.05) is 35.0 Å². The maximum absolute atomic E-state index is 2.53. The van der Waals surface area contributed by atoms with Crippen LogP contribution in [0.3, 0.4) is 0 Å². The van der Waals surface area contributed by atoms with Gasteiger partial charge in [0.25, 0.3) is 6.71 Å². The van der Waals surface area contributed by atoms with Gasteiger partial charge in [-0.25, -0.2) is 0 Å². The zero-order valence-corrected chi connectivity index (χ0v) is 25.6. The predicted octanol–water partition coefficient (Wildman–Crippen LogP) is 8.16. The Morgan fingerprint density at radius 1 is 0.634 bits per heavy atom. The van der Waals surface area contributed by atoms with Crippen molar-refractivity contribution in [2.45, 2.75) is 59.3 Å². The van der Waals surface area contributed by atoms with E-state index in [-0.39, 0.29) is 17.5 Å². The lowest BCUT2D eigenvalue weighted by Gasteiger charge is -2.44. The smallest absolute Gasteiger partial charge is 0.252 e. The highest BCUT2D eigenvalue weighted by molar-refractivity contribution is 7.00. The van der Waals surface area contributed by atoms with Gasteiger partial charge in [-0.15, -0.1) is 0 Å². The van der Waals surface area contributed by atoms with Crippen molar-refractivity contribution >= 4 is 51.5 Å². The molecule has 3 heteroatoms. The van der Waals surface area contributed by atoms with E-state index in [2.05, 4.69) is 167 Å². The lowest BCUT2D eigenvalue weighted by molar-refractivity contribution is 0.590.